The van der Waals surface area contributed by atoms with Crippen LogP contribution in [0.3, 0.4) is 0 Å². The van der Waals surface area contributed by atoms with Gasteiger partial charge in [0, 0.05) is 38.8 Å². The molecule has 1 fully saturated rings. The maximum Gasteiger partial charge on any atom is 0.219 e. The molecule has 184 valence electrons. The zero-order valence-corrected chi connectivity index (χ0v) is 21.5. The second-order valence-electron chi connectivity index (χ2n) is 7.73. The topological polar surface area (TPSA) is 75.1 Å². The van der Waals surface area contributed by atoms with Gasteiger partial charge in [-0.3, -0.25) is 10.3 Å². The molecule has 0 aromatic carbocycles. The maximum atomic E-state index is 6.04. The number of ether oxygens (including phenoxy) is 2. The Morgan fingerprint density at radius 3 is 2.64 bits per heavy atom. The van der Waals surface area contributed by atoms with Crippen molar-refractivity contribution in [3.8, 4) is 5.88 Å². The van der Waals surface area contributed by atoms with Crippen molar-refractivity contribution in [2.75, 3.05) is 57.4 Å². The fourth-order valence-electron chi connectivity index (χ4n) is 3.24. The Kier molecular flexibility index (Phi) is 12.9. The van der Waals surface area contributed by atoms with E-state index in [9.17, 15) is 0 Å². The Morgan fingerprint density at radius 1 is 1.27 bits per heavy atom. The van der Waals surface area contributed by atoms with Crippen molar-refractivity contribution in [1.29, 1.82) is 0 Å². The van der Waals surface area contributed by atoms with E-state index in [0.29, 0.717) is 18.3 Å². The smallest absolute Gasteiger partial charge is 0.219 e. The van der Waals surface area contributed by atoms with Gasteiger partial charge >= 0.3 is 0 Å². The van der Waals surface area contributed by atoms with Gasteiger partial charge in [-0.25, -0.2) is 4.98 Å². The molecule has 0 atom stereocenters. The summed E-state index contributed by atoms with van der Waals surface area (Å²) >= 11 is 1.58. The molecular weight excluding hydrogens is 436 g/mol. The van der Waals surface area contributed by atoms with Gasteiger partial charge < -0.3 is 14.4 Å². The quantitative estimate of drug-likeness (QED) is 0.297. The number of allylic oxidation sites excluding steroid dienone is 2. The highest BCUT2D eigenvalue weighted by Gasteiger charge is 2.13. The summed E-state index contributed by atoms with van der Waals surface area (Å²) in [6, 6.07) is 1.94. The van der Waals surface area contributed by atoms with Crippen LogP contribution in [0.2, 0.25) is 0 Å². The Bertz CT molecular complexity index is 774. The number of nitrogens with zero attached hydrogens (tertiary/aromatic N) is 5. The molecule has 2 heterocycles. The molecule has 0 aliphatic carbocycles. The van der Waals surface area contributed by atoms with Crippen LogP contribution in [0.15, 0.2) is 33.8 Å². The summed E-state index contributed by atoms with van der Waals surface area (Å²) in [4.78, 5) is 15.0. The van der Waals surface area contributed by atoms with Gasteiger partial charge in [-0.15, -0.1) is 0 Å². The molecule has 9 heteroatoms. The third-order valence-corrected chi connectivity index (χ3v) is 6.17. The highest BCUT2D eigenvalue weighted by Crippen LogP contribution is 2.24. The Morgan fingerprint density at radius 2 is 2.00 bits per heavy atom. The molecule has 0 bridgehead atoms. The number of aromatic nitrogens is 2. The molecule has 0 unspecified atom stereocenters. The molecule has 33 heavy (non-hydrogen) atoms. The van der Waals surface area contributed by atoms with Crippen molar-refractivity contribution in [2.24, 2.45) is 5.10 Å². The number of nitrogens with one attached hydrogen (secondary N) is 1. The normalized spacial score (nSPS) is 15.1. The van der Waals surface area contributed by atoms with Crippen LogP contribution < -0.4 is 15.1 Å². The number of rotatable bonds is 15. The van der Waals surface area contributed by atoms with Crippen molar-refractivity contribution in [1.82, 2.24) is 20.3 Å². The lowest BCUT2D eigenvalue weighted by Crippen LogP contribution is -2.38. The first-order chi connectivity index (χ1) is 16.1. The van der Waals surface area contributed by atoms with Crippen molar-refractivity contribution in [3.05, 3.63) is 34.5 Å². The molecule has 1 aromatic rings. The van der Waals surface area contributed by atoms with Crippen LogP contribution in [0.5, 0.6) is 5.88 Å². The minimum atomic E-state index is 0.522. The van der Waals surface area contributed by atoms with Crippen LogP contribution in [0.1, 0.15) is 52.8 Å². The second-order valence-corrected chi connectivity index (χ2v) is 8.95. The summed E-state index contributed by atoms with van der Waals surface area (Å²) in [5.74, 6) is 1.97. The van der Waals surface area contributed by atoms with E-state index in [1.54, 1.807) is 18.0 Å². The summed E-state index contributed by atoms with van der Waals surface area (Å²) in [7, 11) is 0. The van der Waals surface area contributed by atoms with E-state index >= 15 is 0 Å². The molecular formula is C24H40N6O2S. The molecule has 2 rings (SSSR count). The van der Waals surface area contributed by atoms with E-state index < -0.39 is 0 Å². The lowest BCUT2D eigenvalue weighted by atomic mass is 10.3. The highest BCUT2D eigenvalue weighted by atomic mass is 32.2. The lowest BCUT2D eigenvalue weighted by molar-refractivity contribution is 0.0320. The first kappa shape index (κ1) is 27.1. The summed E-state index contributed by atoms with van der Waals surface area (Å²) in [5, 5.41) is 5.29. The fourth-order valence-corrected chi connectivity index (χ4v) is 3.91. The van der Waals surface area contributed by atoms with Gasteiger partial charge in [0.2, 0.25) is 5.88 Å². The Balaban J connectivity index is 2.12. The summed E-state index contributed by atoms with van der Waals surface area (Å²) < 4.78 is 11.5. The molecule has 1 saturated heterocycles. The minimum absolute atomic E-state index is 0.522. The molecule has 1 N–H and O–H groups in total. The molecule has 1 aliphatic rings. The van der Waals surface area contributed by atoms with Gasteiger partial charge in [-0.05, 0) is 31.1 Å². The van der Waals surface area contributed by atoms with E-state index in [1.807, 2.05) is 19.1 Å². The van der Waals surface area contributed by atoms with Crippen molar-refractivity contribution in [3.63, 3.8) is 0 Å². The van der Waals surface area contributed by atoms with Crippen LogP contribution in [0, 0.1) is 0 Å². The van der Waals surface area contributed by atoms with Crippen LogP contribution in [-0.4, -0.2) is 73.6 Å². The first-order valence-electron chi connectivity index (χ1n) is 12.0. The number of morpholine rings is 1. The second kappa shape index (κ2) is 15.7. The number of hydrogen-bond donors (Lipinski definition) is 1. The molecule has 0 radical (unpaired) electrons. The highest BCUT2D eigenvalue weighted by molar-refractivity contribution is 8.06. The molecule has 0 amide bonds. The van der Waals surface area contributed by atoms with E-state index in [1.165, 1.54) is 0 Å². The first-order valence-corrected chi connectivity index (χ1v) is 12.8. The SMILES string of the molecule is C=C(CC)S/C(=C\C)N/N=C/c1nc(OCCN2CCOCC2)cc(N(CCC)CCC)n1. The van der Waals surface area contributed by atoms with Crippen molar-refractivity contribution < 1.29 is 9.47 Å². The largest absolute Gasteiger partial charge is 0.476 e. The number of hydrogen-bond acceptors (Lipinski definition) is 9. The lowest BCUT2D eigenvalue weighted by Gasteiger charge is -2.26. The van der Waals surface area contributed by atoms with E-state index in [0.717, 1.165) is 81.0 Å². The standard InChI is InChI=1S/C24H40N6O2S/c1-6-10-30(11-7-2)22-18-23(32-17-14-29-12-15-31-16-13-29)27-21(26-22)19-25-28-24(9-4)33-20(5)8-3/h9,18-19,28H,5-8,10-17H2,1-4H3/b24-9-,25-19+. The van der Waals surface area contributed by atoms with Crippen molar-refractivity contribution in [2.45, 2.75) is 47.0 Å². The van der Waals surface area contributed by atoms with Gasteiger partial charge in [-0.1, -0.05) is 45.2 Å². The number of hydrazone groups is 1. The van der Waals surface area contributed by atoms with Gasteiger partial charge in [0.1, 0.15) is 12.4 Å². The van der Waals surface area contributed by atoms with Crippen molar-refractivity contribution >= 4 is 23.8 Å². The van der Waals surface area contributed by atoms with Crippen LogP contribution in [0.25, 0.3) is 0 Å². The molecule has 1 aromatic heterocycles. The minimum Gasteiger partial charge on any atom is -0.476 e. The van der Waals surface area contributed by atoms with Crippen LogP contribution in [0.4, 0.5) is 5.82 Å². The zero-order valence-electron chi connectivity index (χ0n) is 20.7. The van der Waals surface area contributed by atoms with Gasteiger partial charge in [0.25, 0.3) is 0 Å². The Labute approximate surface area is 203 Å². The average Bonchev–Trinajstić information content (AvgIpc) is 2.83. The third kappa shape index (κ3) is 10.1. The number of thioether (sulfide) groups is 1. The monoisotopic (exact) mass is 476 g/mol. The van der Waals surface area contributed by atoms with Gasteiger partial charge in [-0.2, -0.15) is 10.1 Å². The summed E-state index contributed by atoms with van der Waals surface area (Å²) in [6.07, 6.45) is 6.63. The Hall–Kier alpha value is -2.10. The zero-order chi connectivity index (χ0) is 23.9. The van der Waals surface area contributed by atoms with E-state index in [-0.39, 0.29) is 0 Å². The number of anilines is 1. The molecule has 0 spiro atoms. The predicted molar refractivity (Wildman–Crippen MR) is 139 cm³/mol. The van der Waals surface area contributed by atoms with E-state index in [2.05, 4.69) is 52.7 Å². The summed E-state index contributed by atoms with van der Waals surface area (Å²) in [6.45, 7) is 19.2. The molecule has 1 aliphatic heterocycles. The van der Waals surface area contributed by atoms with Gasteiger partial charge in [0.15, 0.2) is 5.82 Å². The maximum absolute atomic E-state index is 6.04. The predicted octanol–water partition coefficient (Wildman–Crippen LogP) is 4.26. The fraction of sp³-hybridized carbons (Fsp3) is 0.625. The third-order valence-electron chi connectivity index (χ3n) is 5.04. The van der Waals surface area contributed by atoms with Gasteiger partial charge in [0.05, 0.1) is 24.5 Å². The average molecular weight is 477 g/mol. The summed E-state index contributed by atoms with van der Waals surface area (Å²) in [5.41, 5.74) is 3.07. The molecule has 0 saturated carbocycles. The van der Waals surface area contributed by atoms with E-state index in [4.69, 9.17) is 14.5 Å². The molecule has 8 nitrogen and oxygen atoms in total. The van der Waals surface area contributed by atoms with Crippen LogP contribution in [-0.2, 0) is 4.74 Å². The van der Waals surface area contributed by atoms with Crippen LogP contribution >= 0.6 is 11.8 Å².